The van der Waals surface area contributed by atoms with Gasteiger partial charge in [0, 0.05) is 18.8 Å². The lowest BCUT2D eigenvalue weighted by atomic mass is 9.95. The van der Waals surface area contributed by atoms with E-state index in [1.54, 1.807) is 6.92 Å². The minimum Gasteiger partial charge on any atom is -0.481 e. The van der Waals surface area contributed by atoms with Gasteiger partial charge in [-0.1, -0.05) is 6.92 Å². The van der Waals surface area contributed by atoms with Crippen molar-refractivity contribution in [2.75, 3.05) is 19.8 Å². The van der Waals surface area contributed by atoms with E-state index < -0.39 is 17.9 Å². The smallest absolute Gasteiger partial charge is 0.306 e. The summed E-state index contributed by atoms with van der Waals surface area (Å²) in [5.41, 5.74) is 0. The first-order valence-electron chi connectivity index (χ1n) is 6.42. The maximum Gasteiger partial charge on any atom is 0.306 e. The fourth-order valence-corrected chi connectivity index (χ4v) is 1.51. The maximum atomic E-state index is 11.5. The number of rotatable bonds is 11. The van der Waals surface area contributed by atoms with E-state index in [9.17, 15) is 14.4 Å². The number of hydrogen-bond acceptors (Lipinski definition) is 5. The van der Waals surface area contributed by atoms with Gasteiger partial charge >= 0.3 is 11.9 Å². The summed E-state index contributed by atoms with van der Waals surface area (Å²) in [5.74, 6) is -0.384. The number of ketones is 1. The van der Waals surface area contributed by atoms with E-state index in [0.29, 0.717) is 13.0 Å². The summed E-state index contributed by atoms with van der Waals surface area (Å²) in [5, 5.41) is 8.70. The second kappa shape index (κ2) is 11.0. The highest BCUT2D eigenvalue weighted by atomic mass is 16.6. The largest absolute Gasteiger partial charge is 0.481 e. The number of carboxylic acids is 1. The summed E-state index contributed by atoms with van der Waals surface area (Å²) >= 11 is 0. The van der Waals surface area contributed by atoms with Crippen LogP contribution in [0.1, 0.15) is 32.6 Å². The molecule has 0 spiro atoms. The first-order chi connectivity index (χ1) is 9.51. The first-order valence-corrected chi connectivity index (χ1v) is 6.42. The van der Waals surface area contributed by atoms with Gasteiger partial charge in [-0.25, -0.2) is 0 Å². The molecule has 6 nitrogen and oxygen atoms in total. The molecular weight excluding hydrogens is 264 g/mol. The molecule has 0 amide bonds. The molecule has 0 aliphatic rings. The van der Waals surface area contributed by atoms with E-state index in [1.165, 1.54) is 0 Å². The van der Waals surface area contributed by atoms with Gasteiger partial charge in [0.1, 0.15) is 12.4 Å². The van der Waals surface area contributed by atoms with Crippen molar-refractivity contribution in [2.45, 2.75) is 32.6 Å². The van der Waals surface area contributed by atoms with Crippen molar-refractivity contribution in [2.24, 2.45) is 5.92 Å². The molecule has 0 bridgehead atoms. The number of terminal acetylenes is 1. The summed E-state index contributed by atoms with van der Waals surface area (Å²) < 4.78 is 9.95. The molecule has 0 saturated heterocycles. The third-order valence-corrected chi connectivity index (χ3v) is 2.52. The van der Waals surface area contributed by atoms with Crippen LogP contribution in [0.2, 0.25) is 0 Å². The molecule has 1 atom stereocenters. The van der Waals surface area contributed by atoms with Crippen LogP contribution in [0, 0.1) is 18.3 Å². The van der Waals surface area contributed by atoms with Crippen molar-refractivity contribution in [3.63, 3.8) is 0 Å². The molecule has 0 aliphatic heterocycles. The van der Waals surface area contributed by atoms with Crippen LogP contribution in [0.15, 0.2) is 0 Å². The van der Waals surface area contributed by atoms with Gasteiger partial charge < -0.3 is 14.6 Å². The number of hydrogen-bond donors (Lipinski definition) is 1. The molecule has 1 unspecified atom stereocenters. The number of Topliss-reactive ketones (excluding diaryl/α,β-unsaturated/α-hetero) is 1. The highest BCUT2D eigenvalue weighted by molar-refractivity contribution is 5.88. The summed E-state index contributed by atoms with van der Waals surface area (Å²) in [6.07, 6.45) is 5.13. The lowest BCUT2D eigenvalue weighted by Crippen LogP contribution is -2.23. The quantitative estimate of drug-likeness (QED) is 0.346. The molecule has 0 saturated carbocycles. The second-order valence-corrected chi connectivity index (χ2v) is 4.11. The lowest BCUT2D eigenvalue weighted by Gasteiger charge is -2.12. The molecule has 0 aromatic heterocycles. The Balaban J connectivity index is 3.98. The molecule has 20 heavy (non-hydrogen) atoms. The van der Waals surface area contributed by atoms with Crippen LogP contribution in [-0.4, -0.2) is 42.6 Å². The Bertz CT molecular complexity index is 368. The molecule has 0 aromatic carbocycles. The van der Waals surface area contributed by atoms with E-state index in [2.05, 4.69) is 5.92 Å². The Morgan fingerprint density at radius 1 is 1.20 bits per heavy atom. The molecule has 6 heteroatoms. The number of esters is 1. The van der Waals surface area contributed by atoms with Gasteiger partial charge in [-0.15, -0.1) is 12.3 Å². The fourth-order valence-electron chi connectivity index (χ4n) is 1.51. The predicted octanol–water partition coefficient (Wildman–Crippen LogP) is 1.03. The van der Waals surface area contributed by atoms with Crippen molar-refractivity contribution in [1.29, 1.82) is 0 Å². The van der Waals surface area contributed by atoms with Gasteiger partial charge in [0.15, 0.2) is 0 Å². The van der Waals surface area contributed by atoms with Gasteiger partial charge in [0.05, 0.1) is 26.1 Å². The minimum atomic E-state index is -1.11. The predicted molar refractivity (Wildman–Crippen MR) is 70.9 cm³/mol. The zero-order chi connectivity index (χ0) is 15.4. The van der Waals surface area contributed by atoms with E-state index in [4.69, 9.17) is 21.0 Å². The van der Waals surface area contributed by atoms with E-state index in [1.807, 2.05) is 0 Å². The topological polar surface area (TPSA) is 89.9 Å². The van der Waals surface area contributed by atoms with Crippen molar-refractivity contribution in [3.8, 4) is 12.3 Å². The van der Waals surface area contributed by atoms with Crippen LogP contribution in [-0.2, 0) is 23.9 Å². The molecule has 112 valence electrons. The SMILES string of the molecule is C#CCCOCCOC(=O)CC(CC(=O)O)C(=O)CC. The molecule has 0 aromatic rings. The highest BCUT2D eigenvalue weighted by Gasteiger charge is 2.23. The van der Waals surface area contributed by atoms with Crippen molar-refractivity contribution in [3.05, 3.63) is 0 Å². The highest BCUT2D eigenvalue weighted by Crippen LogP contribution is 2.13. The number of ether oxygens (including phenoxy) is 2. The van der Waals surface area contributed by atoms with Crippen molar-refractivity contribution in [1.82, 2.24) is 0 Å². The Kier molecular flexibility index (Phi) is 9.97. The van der Waals surface area contributed by atoms with E-state index in [-0.39, 0.29) is 38.3 Å². The molecule has 0 aliphatic carbocycles. The average Bonchev–Trinajstić information content (AvgIpc) is 2.40. The Morgan fingerprint density at radius 3 is 2.45 bits per heavy atom. The molecule has 0 heterocycles. The van der Waals surface area contributed by atoms with Crippen LogP contribution in [0.5, 0.6) is 0 Å². The Morgan fingerprint density at radius 2 is 1.90 bits per heavy atom. The fraction of sp³-hybridized carbons (Fsp3) is 0.643. The minimum absolute atomic E-state index is 0.0590. The zero-order valence-corrected chi connectivity index (χ0v) is 11.6. The standard InChI is InChI=1S/C14H20O6/c1-3-5-6-19-7-8-20-14(18)10-11(9-13(16)17)12(15)4-2/h1,11H,4-10H2,2H3,(H,16,17). The summed E-state index contributed by atoms with van der Waals surface area (Å²) in [7, 11) is 0. The second-order valence-electron chi connectivity index (χ2n) is 4.11. The maximum absolute atomic E-state index is 11.5. The average molecular weight is 284 g/mol. The van der Waals surface area contributed by atoms with E-state index in [0.717, 1.165) is 0 Å². The van der Waals surface area contributed by atoms with Gasteiger partial charge in [0.2, 0.25) is 0 Å². The monoisotopic (exact) mass is 284 g/mol. The van der Waals surface area contributed by atoms with Crippen molar-refractivity contribution < 1.29 is 29.0 Å². The van der Waals surface area contributed by atoms with Crippen LogP contribution in [0.3, 0.4) is 0 Å². The molecule has 0 radical (unpaired) electrons. The summed E-state index contributed by atoms with van der Waals surface area (Å²) in [6, 6.07) is 0. The Labute approximate surface area is 118 Å². The number of carbonyl (C=O) groups is 3. The summed E-state index contributed by atoms with van der Waals surface area (Å²) in [6.45, 7) is 2.30. The molecule has 0 fully saturated rings. The van der Waals surface area contributed by atoms with E-state index >= 15 is 0 Å². The first kappa shape index (κ1) is 18.1. The molecular formula is C14H20O6. The van der Waals surface area contributed by atoms with Crippen molar-refractivity contribution >= 4 is 17.7 Å². The molecule has 1 N–H and O–H groups in total. The van der Waals surface area contributed by atoms with Crippen LogP contribution < -0.4 is 0 Å². The van der Waals surface area contributed by atoms with Gasteiger partial charge in [0.25, 0.3) is 0 Å². The third-order valence-electron chi connectivity index (χ3n) is 2.52. The Hall–Kier alpha value is -1.87. The zero-order valence-electron chi connectivity index (χ0n) is 11.6. The number of carbonyl (C=O) groups excluding carboxylic acids is 2. The van der Waals surface area contributed by atoms with Crippen LogP contribution in [0.4, 0.5) is 0 Å². The third kappa shape index (κ3) is 9.11. The normalized spacial score (nSPS) is 11.4. The number of carboxylic acid groups (broad SMARTS) is 1. The van der Waals surface area contributed by atoms with Gasteiger partial charge in [-0.3, -0.25) is 14.4 Å². The van der Waals surface area contributed by atoms with Gasteiger partial charge in [-0.05, 0) is 0 Å². The van der Waals surface area contributed by atoms with Crippen LogP contribution >= 0.6 is 0 Å². The number of aliphatic carboxylic acids is 1. The van der Waals surface area contributed by atoms with Gasteiger partial charge in [-0.2, -0.15) is 0 Å². The summed E-state index contributed by atoms with van der Waals surface area (Å²) in [4.78, 5) is 33.6. The lowest BCUT2D eigenvalue weighted by molar-refractivity contribution is -0.149. The molecule has 0 rings (SSSR count). The van der Waals surface area contributed by atoms with Crippen LogP contribution in [0.25, 0.3) is 0 Å².